The highest BCUT2D eigenvalue weighted by molar-refractivity contribution is 14.0. The topological polar surface area (TPSA) is 48.9 Å². The van der Waals surface area contributed by atoms with Crippen LogP contribution in [-0.4, -0.2) is 51.4 Å². The molecule has 2 heterocycles. The van der Waals surface area contributed by atoms with Crippen LogP contribution in [0.15, 0.2) is 52.8 Å². The molecule has 0 saturated carbocycles. The van der Waals surface area contributed by atoms with Crippen LogP contribution >= 0.6 is 35.3 Å². The van der Waals surface area contributed by atoms with Crippen LogP contribution in [0.25, 0.3) is 0 Å². The van der Waals surface area contributed by atoms with Crippen LogP contribution in [0.1, 0.15) is 31.7 Å². The molecule has 5 nitrogen and oxygen atoms in total. The number of hydrogen-bond acceptors (Lipinski definition) is 4. The summed E-state index contributed by atoms with van der Waals surface area (Å²) >= 11 is 1.83. The second-order valence-corrected chi connectivity index (χ2v) is 8.25. The maximum Gasteiger partial charge on any atom is 0.191 e. The van der Waals surface area contributed by atoms with Crippen molar-refractivity contribution < 1.29 is 4.74 Å². The van der Waals surface area contributed by atoms with Gasteiger partial charge in [0.05, 0.1) is 11.6 Å². The van der Waals surface area contributed by atoms with Crippen LogP contribution in [0.2, 0.25) is 0 Å². The number of piperidine rings is 1. The van der Waals surface area contributed by atoms with Crippen LogP contribution in [-0.2, 0) is 11.2 Å². The van der Waals surface area contributed by atoms with Gasteiger partial charge in [-0.25, -0.2) is 0 Å². The average Bonchev–Trinajstić information content (AvgIpc) is 3.29. The van der Waals surface area contributed by atoms with Gasteiger partial charge in [0.1, 0.15) is 0 Å². The summed E-state index contributed by atoms with van der Waals surface area (Å²) in [6.45, 7) is 7.52. The first-order chi connectivity index (χ1) is 14.3. The van der Waals surface area contributed by atoms with Gasteiger partial charge in [0.25, 0.3) is 0 Å². The van der Waals surface area contributed by atoms with E-state index in [0.717, 1.165) is 71.0 Å². The number of hydrogen-bond donors (Lipinski definition) is 2. The Kier molecular flexibility index (Phi) is 12.2. The summed E-state index contributed by atoms with van der Waals surface area (Å²) in [7, 11) is 0. The zero-order chi connectivity index (χ0) is 20.2. The standard InChI is InChI=1S/C23H34N4OS.HI/c1-2-24-23(25-14-7-17-28-18-13-20-8-4-3-5-9-20)26-21-11-15-27(16-12-21)22-10-6-19-29-22;/h3-6,8-10,19,21H,2,7,11-18H2,1H3,(H2,24,25,26);1H. The van der Waals surface area contributed by atoms with E-state index in [4.69, 9.17) is 9.73 Å². The zero-order valence-electron chi connectivity index (χ0n) is 17.9. The fraction of sp³-hybridized carbons (Fsp3) is 0.522. The van der Waals surface area contributed by atoms with Crippen LogP contribution < -0.4 is 15.5 Å². The lowest BCUT2D eigenvalue weighted by Gasteiger charge is -2.33. The van der Waals surface area contributed by atoms with E-state index in [9.17, 15) is 0 Å². The molecular formula is C23H35IN4OS. The molecule has 7 heteroatoms. The van der Waals surface area contributed by atoms with Gasteiger partial charge in [-0.2, -0.15) is 0 Å². The van der Waals surface area contributed by atoms with E-state index in [1.807, 2.05) is 17.4 Å². The lowest BCUT2D eigenvalue weighted by molar-refractivity contribution is 0.136. The van der Waals surface area contributed by atoms with Crippen molar-refractivity contribution in [1.82, 2.24) is 10.6 Å². The summed E-state index contributed by atoms with van der Waals surface area (Å²) in [5.41, 5.74) is 1.33. The number of ether oxygens (including phenoxy) is 1. The first-order valence-corrected chi connectivity index (χ1v) is 11.7. The molecule has 30 heavy (non-hydrogen) atoms. The van der Waals surface area contributed by atoms with E-state index >= 15 is 0 Å². The number of nitrogens with zero attached hydrogens (tertiary/aromatic N) is 2. The predicted molar refractivity (Wildman–Crippen MR) is 140 cm³/mol. The number of halogens is 1. The van der Waals surface area contributed by atoms with Crippen molar-refractivity contribution >= 4 is 46.3 Å². The van der Waals surface area contributed by atoms with Gasteiger partial charge in [-0.05, 0) is 55.7 Å². The van der Waals surface area contributed by atoms with Crippen molar-refractivity contribution in [1.29, 1.82) is 0 Å². The monoisotopic (exact) mass is 542 g/mol. The largest absolute Gasteiger partial charge is 0.381 e. The summed E-state index contributed by atoms with van der Waals surface area (Å²) in [4.78, 5) is 7.22. The summed E-state index contributed by atoms with van der Waals surface area (Å²) < 4.78 is 5.76. The van der Waals surface area contributed by atoms with Crippen molar-refractivity contribution in [3.8, 4) is 0 Å². The maximum absolute atomic E-state index is 5.76. The molecular weight excluding hydrogens is 507 g/mol. The van der Waals surface area contributed by atoms with E-state index in [0.29, 0.717) is 6.04 Å². The van der Waals surface area contributed by atoms with Crippen LogP contribution in [0, 0.1) is 0 Å². The highest BCUT2D eigenvalue weighted by atomic mass is 127. The summed E-state index contributed by atoms with van der Waals surface area (Å²) in [6.07, 6.45) is 4.20. The van der Waals surface area contributed by atoms with Gasteiger partial charge in [-0.1, -0.05) is 30.3 Å². The van der Waals surface area contributed by atoms with Gasteiger partial charge in [-0.15, -0.1) is 35.3 Å². The Bertz CT molecular complexity index is 703. The van der Waals surface area contributed by atoms with Gasteiger partial charge in [0.2, 0.25) is 0 Å². The molecule has 1 fully saturated rings. The molecule has 166 valence electrons. The molecule has 0 bridgehead atoms. The number of guanidine groups is 1. The van der Waals surface area contributed by atoms with E-state index in [1.54, 1.807) is 0 Å². The molecule has 1 aliphatic heterocycles. The summed E-state index contributed by atoms with van der Waals surface area (Å²) in [5.74, 6) is 0.936. The molecule has 0 radical (unpaired) electrons. The maximum atomic E-state index is 5.76. The Hall–Kier alpha value is -1.32. The van der Waals surface area contributed by atoms with E-state index in [2.05, 4.69) is 64.2 Å². The Morgan fingerprint density at radius 3 is 2.63 bits per heavy atom. The van der Waals surface area contributed by atoms with Crippen LogP contribution in [0.3, 0.4) is 0 Å². The molecule has 0 amide bonds. The average molecular weight is 543 g/mol. The highest BCUT2D eigenvalue weighted by Crippen LogP contribution is 2.24. The first-order valence-electron chi connectivity index (χ1n) is 10.8. The van der Waals surface area contributed by atoms with Crippen molar-refractivity contribution in [3.63, 3.8) is 0 Å². The fourth-order valence-corrected chi connectivity index (χ4v) is 4.29. The Balaban J connectivity index is 0.00000320. The molecule has 0 aliphatic carbocycles. The number of rotatable bonds is 10. The van der Waals surface area contributed by atoms with Gasteiger partial charge < -0.3 is 20.3 Å². The number of thiophene rings is 1. The SMILES string of the molecule is CCNC(=NCCCOCCc1ccccc1)NC1CCN(c2cccs2)CC1.I. The molecule has 0 spiro atoms. The predicted octanol–water partition coefficient (Wildman–Crippen LogP) is 4.54. The minimum Gasteiger partial charge on any atom is -0.381 e. The molecule has 0 atom stereocenters. The van der Waals surface area contributed by atoms with Crippen LogP contribution in [0.5, 0.6) is 0 Å². The molecule has 1 aromatic heterocycles. The molecule has 2 aromatic rings. The number of nitrogens with one attached hydrogen (secondary N) is 2. The molecule has 3 rings (SSSR count). The Labute approximate surface area is 202 Å². The normalized spacial score (nSPS) is 15.0. The van der Waals surface area contributed by atoms with E-state index < -0.39 is 0 Å². The fourth-order valence-electron chi connectivity index (χ4n) is 3.50. The van der Waals surface area contributed by atoms with E-state index in [1.165, 1.54) is 10.6 Å². The molecule has 1 saturated heterocycles. The van der Waals surface area contributed by atoms with Gasteiger partial charge in [-0.3, -0.25) is 4.99 Å². The lowest BCUT2D eigenvalue weighted by atomic mass is 10.1. The van der Waals surface area contributed by atoms with Gasteiger partial charge >= 0.3 is 0 Å². The van der Waals surface area contributed by atoms with E-state index in [-0.39, 0.29) is 24.0 Å². The number of aliphatic imine (C=N–C) groups is 1. The second-order valence-electron chi connectivity index (χ2n) is 7.32. The minimum absolute atomic E-state index is 0. The summed E-state index contributed by atoms with van der Waals surface area (Å²) in [6, 6.07) is 15.3. The quantitative estimate of drug-likeness (QED) is 0.200. The second kappa shape index (κ2) is 14.6. The lowest BCUT2D eigenvalue weighted by Crippen LogP contribution is -2.48. The molecule has 1 aromatic carbocycles. The molecule has 1 aliphatic rings. The third kappa shape index (κ3) is 8.81. The zero-order valence-corrected chi connectivity index (χ0v) is 21.0. The van der Waals surface area contributed by atoms with Gasteiger partial charge in [0.15, 0.2) is 5.96 Å². The summed E-state index contributed by atoms with van der Waals surface area (Å²) in [5, 5.41) is 10.5. The van der Waals surface area contributed by atoms with Crippen molar-refractivity contribution in [2.75, 3.05) is 44.3 Å². The number of benzene rings is 1. The number of anilines is 1. The third-order valence-electron chi connectivity index (χ3n) is 5.09. The Morgan fingerprint density at radius 1 is 1.13 bits per heavy atom. The smallest absolute Gasteiger partial charge is 0.191 e. The first kappa shape index (κ1) is 24.9. The molecule has 0 unspecified atom stereocenters. The highest BCUT2D eigenvalue weighted by Gasteiger charge is 2.20. The van der Waals surface area contributed by atoms with Gasteiger partial charge in [0, 0.05) is 38.8 Å². The Morgan fingerprint density at radius 2 is 1.93 bits per heavy atom. The van der Waals surface area contributed by atoms with Crippen molar-refractivity contribution in [3.05, 3.63) is 53.4 Å². The minimum atomic E-state index is 0. The van der Waals surface area contributed by atoms with Crippen molar-refractivity contribution in [2.24, 2.45) is 4.99 Å². The molecule has 2 N–H and O–H groups in total. The van der Waals surface area contributed by atoms with Crippen molar-refractivity contribution in [2.45, 2.75) is 38.6 Å². The van der Waals surface area contributed by atoms with Crippen LogP contribution in [0.4, 0.5) is 5.00 Å². The third-order valence-corrected chi connectivity index (χ3v) is 6.02.